The SMILES string of the molecule is COc1ccc(CN(C(=O)C=Cc2ccccc2Cl)C2CCS(=O)(=O)C2)cc1OC. The Morgan fingerprint density at radius 3 is 2.53 bits per heavy atom. The summed E-state index contributed by atoms with van der Waals surface area (Å²) in [5, 5.41) is 0.538. The lowest BCUT2D eigenvalue weighted by atomic mass is 10.1. The maximum Gasteiger partial charge on any atom is 0.247 e. The van der Waals surface area contributed by atoms with Gasteiger partial charge >= 0.3 is 0 Å². The van der Waals surface area contributed by atoms with Crippen molar-refractivity contribution in [3.05, 3.63) is 64.7 Å². The number of rotatable bonds is 7. The molecule has 2 aromatic rings. The molecule has 3 rings (SSSR count). The zero-order valence-corrected chi connectivity index (χ0v) is 18.4. The maximum absolute atomic E-state index is 13.1. The van der Waals surface area contributed by atoms with Crippen LogP contribution in [0.15, 0.2) is 48.5 Å². The topological polar surface area (TPSA) is 72.9 Å². The van der Waals surface area contributed by atoms with Crippen LogP contribution in [0.3, 0.4) is 0 Å². The molecule has 1 aliphatic heterocycles. The predicted molar refractivity (Wildman–Crippen MR) is 118 cm³/mol. The van der Waals surface area contributed by atoms with Crippen molar-refractivity contribution in [3.63, 3.8) is 0 Å². The van der Waals surface area contributed by atoms with Crippen molar-refractivity contribution in [2.75, 3.05) is 25.7 Å². The van der Waals surface area contributed by atoms with Crippen LogP contribution in [-0.4, -0.2) is 51.0 Å². The number of carbonyl (C=O) groups is 1. The van der Waals surface area contributed by atoms with Crippen LogP contribution < -0.4 is 9.47 Å². The molecule has 0 radical (unpaired) electrons. The second-order valence-electron chi connectivity index (χ2n) is 7.07. The smallest absolute Gasteiger partial charge is 0.247 e. The minimum absolute atomic E-state index is 0.0358. The molecular weight excluding hydrogens is 426 g/mol. The highest BCUT2D eigenvalue weighted by atomic mass is 35.5. The summed E-state index contributed by atoms with van der Waals surface area (Å²) in [6.45, 7) is 0.256. The molecule has 0 aromatic heterocycles. The fourth-order valence-electron chi connectivity index (χ4n) is 3.45. The minimum atomic E-state index is -3.15. The molecule has 1 atom stereocenters. The van der Waals surface area contributed by atoms with E-state index in [1.54, 1.807) is 43.4 Å². The molecule has 2 aromatic carbocycles. The Labute approximate surface area is 182 Å². The van der Waals surface area contributed by atoms with Crippen LogP contribution in [0.5, 0.6) is 11.5 Å². The van der Waals surface area contributed by atoms with Gasteiger partial charge in [0.2, 0.25) is 5.91 Å². The Balaban J connectivity index is 1.87. The molecule has 1 fully saturated rings. The quantitative estimate of drug-likeness (QED) is 0.604. The van der Waals surface area contributed by atoms with Crippen molar-refractivity contribution in [2.24, 2.45) is 0 Å². The molecule has 0 bridgehead atoms. The molecule has 0 spiro atoms. The first kappa shape index (κ1) is 22.2. The first-order valence-electron chi connectivity index (χ1n) is 9.47. The van der Waals surface area contributed by atoms with E-state index >= 15 is 0 Å². The molecule has 160 valence electrons. The summed E-state index contributed by atoms with van der Waals surface area (Å²) in [4.78, 5) is 14.6. The Kier molecular flexibility index (Phi) is 7.05. The average Bonchev–Trinajstić information content (AvgIpc) is 3.10. The lowest BCUT2D eigenvalue weighted by molar-refractivity contribution is -0.128. The van der Waals surface area contributed by atoms with Gasteiger partial charge in [0.25, 0.3) is 0 Å². The third kappa shape index (κ3) is 5.34. The van der Waals surface area contributed by atoms with E-state index in [1.165, 1.54) is 6.08 Å². The molecule has 1 heterocycles. The van der Waals surface area contributed by atoms with Gasteiger partial charge in [-0.1, -0.05) is 35.9 Å². The van der Waals surface area contributed by atoms with E-state index in [2.05, 4.69) is 0 Å². The van der Waals surface area contributed by atoms with Gasteiger partial charge in [-0.05, 0) is 41.8 Å². The fraction of sp³-hybridized carbons (Fsp3) is 0.318. The number of hydrogen-bond donors (Lipinski definition) is 0. The van der Waals surface area contributed by atoms with Crippen molar-refractivity contribution in [2.45, 2.75) is 19.0 Å². The summed E-state index contributed by atoms with van der Waals surface area (Å²) < 4.78 is 34.6. The molecule has 1 saturated heterocycles. The lowest BCUT2D eigenvalue weighted by Gasteiger charge is -2.27. The molecule has 0 aliphatic carbocycles. The molecule has 6 nitrogen and oxygen atoms in total. The summed E-state index contributed by atoms with van der Waals surface area (Å²) in [5.41, 5.74) is 1.54. The van der Waals surface area contributed by atoms with Gasteiger partial charge in [-0.25, -0.2) is 8.42 Å². The van der Waals surface area contributed by atoms with Crippen LogP contribution in [0.1, 0.15) is 17.5 Å². The van der Waals surface area contributed by atoms with Crippen LogP contribution in [-0.2, 0) is 21.2 Å². The fourth-order valence-corrected chi connectivity index (χ4v) is 5.38. The van der Waals surface area contributed by atoms with E-state index in [9.17, 15) is 13.2 Å². The monoisotopic (exact) mass is 449 g/mol. The number of nitrogens with zero attached hydrogens (tertiary/aromatic N) is 1. The zero-order chi connectivity index (χ0) is 21.7. The maximum atomic E-state index is 13.1. The number of hydrogen-bond acceptors (Lipinski definition) is 5. The van der Waals surface area contributed by atoms with Crippen LogP contribution in [0.4, 0.5) is 0 Å². The highest BCUT2D eigenvalue weighted by molar-refractivity contribution is 7.91. The highest BCUT2D eigenvalue weighted by Gasteiger charge is 2.34. The molecule has 30 heavy (non-hydrogen) atoms. The van der Waals surface area contributed by atoms with Crippen molar-refractivity contribution in [3.8, 4) is 11.5 Å². The Morgan fingerprint density at radius 2 is 1.90 bits per heavy atom. The average molecular weight is 450 g/mol. The van der Waals surface area contributed by atoms with Crippen molar-refractivity contribution in [1.29, 1.82) is 0 Å². The molecular formula is C22H24ClNO5S. The number of benzene rings is 2. The van der Waals surface area contributed by atoms with Gasteiger partial charge in [0, 0.05) is 23.7 Å². The van der Waals surface area contributed by atoms with E-state index < -0.39 is 9.84 Å². The first-order valence-corrected chi connectivity index (χ1v) is 11.7. The van der Waals surface area contributed by atoms with Gasteiger partial charge in [-0.2, -0.15) is 0 Å². The first-order chi connectivity index (χ1) is 14.3. The summed E-state index contributed by atoms with van der Waals surface area (Å²) in [6, 6.07) is 12.2. The van der Waals surface area contributed by atoms with Crippen LogP contribution in [0.2, 0.25) is 5.02 Å². The number of methoxy groups -OCH3 is 2. The van der Waals surface area contributed by atoms with Crippen molar-refractivity contribution >= 4 is 33.4 Å². The number of amides is 1. The van der Waals surface area contributed by atoms with Crippen molar-refractivity contribution < 1.29 is 22.7 Å². The minimum Gasteiger partial charge on any atom is -0.493 e. The van der Waals surface area contributed by atoms with Gasteiger partial charge in [0.05, 0.1) is 25.7 Å². The molecule has 0 saturated carbocycles. The van der Waals surface area contributed by atoms with E-state index in [1.807, 2.05) is 24.3 Å². The number of sulfone groups is 1. The van der Waals surface area contributed by atoms with E-state index in [0.717, 1.165) is 11.1 Å². The summed E-state index contributed by atoms with van der Waals surface area (Å²) >= 11 is 6.16. The van der Waals surface area contributed by atoms with Gasteiger partial charge in [0.15, 0.2) is 21.3 Å². The number of carbonyl (C=O) groups excluding carboxylic acids is 1. The van der Waals surface area contributed by atoms with Crippen LogP contribution in [0, 0.1) is 0 Å². The summed E-state index contributed by atoms with van der Waals surface area (Å²) in [7, 11) is -0.0535. The largest absolute Gasteiger partial charge is 0.493 e. The molecule has 1 amide bonds. The molecule has 0 N–H and O–H groups in total. The third-order valence-electron chi connectivity index (χ3n) is 5.04. The molecule has 1 unspecified atom stereocenters. The van der Waals surface area contributed by atoms with Crippen molar-refractivity contribution in [1.82, 2.24) is 4.90 Å². The van der Waals surface area contributed by atoms with Gasteiger partial charge in [-0.3, -0.25) is 4.79 Å². The highest BCUT2D eigenvalue weighted by Crippen LogP contribution is 2.29. The van der Waals surface area contributed by atoms with Crippen LogP contribution >= 0.6 is 11.6 Å². The van der Waals surface area contributed by atoms with E-state index in [0.29, 0.717) is 22.9 Å². The van der Waals surface area contributed by atoms with Gasteiger partial charge in [0.1, 0.15) is 0 Å². The predicted octanol–water partition coefficient (Wildman–Crippen LogP) is 3.59. The molecule has 8 heteroatoms. The van der Waals surface area contributed by atoms with E-state index in [-0.39, 0.29) is 30.0 Å². The van der Waals surface area contributed by atoms with Gasteiger partial charge < -0.3 is 14.4 Å². The zero-order valence-electron chi connectivity index (χ0n) is 16.9. The summed E-state index contributed by atoms with van der Waals surface area (Å²) in [5.74, 6) is 0.911. The standard InChI is InChI=1S/C22H24ClNO5S/c1-28-20-9-7-16(13-21(20)29-2)14-24(18-11-12-30(26,27)15-18)22(25)10-8-17-5-3-4-6-19(17)23/h3-10,13,18H,11-12,14-15H2,1-2H3. The molecule has 1 aliphatic rings. The van der Waals surface area contributed by atoms with E-state index in [4.69, 9.17) is 21.1 Å². The lowest BCUT2D eigenvalue weighted by Crippen LogP contribution is -2.39. The number of ether oxygens (including phenoxy) is 2. The van der Waals surface area contributed by atoms with Crippen LogP contribution in [0.25, 0.3) is 6.08 Å². The second kappa shape index (κ2) is 9.53. The number of halogens is 1. The second-order valence-corrected chi connectivity index (χ2v) is 9.70. The third-order valence-corrected chi connectivity index (χ3v) is 7.14. The summed E-state index contributed by atoms with van der Waals surface area (Å²) in [6.07, 6.45) is 3.50. The van der Waals surface area contributed by atoms with Gasteiger partial charge in [-0.15, -0.1) is 0 Å². The Hall–Kier alpha value is -2.51. The Bertz CT molecular complexity index is 1050. The normalized spacial score (nSPS) is 17.8. The Morgan fingerprint density at radius 1 is 1.17 bits per heavy atom.